The predicted molar refractivity (Wildman–Crippen MR) is 68.7 cm³/mol. The number of aromatic nitrogens is 1. The minimum atomic E-state index is -0.436. The highest BCUT2D eigenvalue weighted by atomic mass is 35.5. The second-order valence-electron chi connectivity index (χ2n) is 3.38. The molecule has 0 aliphatic rings. The Kier molecular flexibility index (Phi) is 3.66. The Balaban J connectivity index is 2.41. The van der Waals surface area contributed by atoms with Crippen LogP contribution in [0.2, 0.25) is 10.0 Å². The van der Waals surface area contributed by atoms with Crippen molar-refractivity contribution in [2.75, 3.05) is 5.32 Å². The van der Waals surface area contributed by atoms with Crippen LogP contribution in [0, 0.1) is 17.1 Å². The van der Waals surface area contributed by atoms with E-state index in [1.807, 2.05) is 6.07 Å². The van der Waals surface area contributed by atoms with Crippen molar-refractivity contribution in [3.8, 4) is 6.07 Å². The number of anilines is 2. The second kappa shape index (κ2) is 5.21. The molecule has 0 fully saturated rings. The Morgan fingerprint density at radius 2 is 2.06 bits per heavy atom. The first kappa shape index (κ1) is 12.6. The zero-order valence-corrected chi connectivity index (χ0v) is 10.4. The van der Waals surface area contributed by atoms with Crippen molar-refractivity contribution in [3.63, 3.8) is 0 Å². The van der Waals surface area contributed by atoms with Crippen LogP contribution in [-0.4, -0.2) is 4.98 Å². The van der Waals surface area contributed by atoms with Gasteiger partial charge in [-0.2, -0.15) is 5.26 Å². The summed E-state index contributed by atoms with van der Waals surface area (Å²) in [5.74, 6) is -0.183. The molecule has 0 radical (unpaired) electrons. The Bertz CT molecular complexity index is 638. The molecule has 2 rings (SSSR count). The normalized spacial score (nSPS) is 9.89. The fraction of sp³-hybridized carbons (Fsp3) is 0. The lowest BCUT2D eigenvalue weighted by molar-refractivity contribution is 0.628. The molecule has 6 heteroatoms. The van der Waals surface area contributed by atoms with Gasteiger partial charge in [0.15, 0.2) is 5.82 Å². The first-order valence-electron chi connectivity index (χ1n) is 4.88. The van der Waals surface area contributed by atoms with E-state index in [0.717, 1.165) is 0 Å². The number of benzene rings is 1. The minimum Gasteiger partial charge on any atom is -0.338 e. The van der Waals surface area contributed by atoms with E-state index >= 15 is 0 Å². The van der Waals surface area contributed by atoms with Crippen LogP contribution in [0.1, 0.15) is 5.56 Å². The maximum atomic E-state index is 13.1. The third kappa shape index (κ3) is 2.53. The molecule has 0 bridgehead atoms. The molecule has 0 aliphatic carbocycles. The van der Waals surface area contributed by atoms with Gasteiger partial charge >= 0.3 is 0 Å². The largest absolute Gasteiger partial charge is 0.338 e. The molecule has 0 spiro atoms. The average Bonchev–Trinajstić information content (AvgIpc) is 2.36. The predicted octanol–water partition coefficient (Wildman–Crippen LogP) is 4.14. The number of hydrogen-bond donors (Lipinski definition) is 1. The summed E-state index contributed by atoms with van der Waals surface area (Å²) in [7, 11) is 0. The van der Waals surface area contributed by atoms with Crippen molar-refractivity contribution in [2.24, 2.45) is 0 Å². The van der Waals surface area contributed by atoms with Gasteiger partial charge in [0, 0.05) is 6.20 Å². The van der Waals surface area contributed by atoms with Crippen molar-refractivity contribution in [1.82, 2.24) is 4.98 Å². The van der Waals surface area contributed by atoms with Crippen LogP contribution >= 0.6 is 23.2 Å². The molecule has 0 amide bonds. The monoisotopic (exact) mass is 281 g/mol. The van der Waals surface area contributed by atoms with Crippen molar-refractivity contribution in [3.05, 3.63) is 51.9 Å². The summed E-state index contributed by atoms with van der Waals surface area (Å²) in [6.45, 7) is 0. The Hall–Kier alpha value is -1.83. The van der Waals surface area contributed by atoms with Crippen molar-refractivity contribution < 1.29 is 4.39 Å². The number of halogens is 3. The van der Waals surface area contributed by atoms with Crippen LogP contribution in [-0.2, 0) is 0 Å². The Labute approximate surface area is 113 Å². The summed E-state index contributed by atoms with van der Waals surface area (Å²) in [6, 6.07) is 7.30. The highest BCUT2D eigenvalue weighted by Crippen LogP contribution is 2.30. The number of rotatable bonds is 2. The van der Waals surface area contributed by atoms with E-state index < -0.39 is 5.82 Å². The fourth-order valence-corrected chi connectivity index (χ4v) is 1.70. The summed E-state index contributed by atoms with van der Waals surface area (Å²) < 4.78 is 13.1. The van der Waals surface area contributed by atoms with Gasteiger partial charge in [-0.1, -0.05) is 23.2 Å². The summed E-state index contributed by atoms with van der Waals surface area (Å²) in [4.78, 5) is 3.98. The molecule has 18 heavy (non-hydrogen) atoms. The zero-order chi connectivity index (χ0) is 13.1. The maximum absolute atomic E-state index is 13.1. The first-order valence-corrected chi connectivity index (χ1v) is 5.64. The van der Waals surface area contributed by atoms with Crippen LogP contribution in [0.25, 0.3) is 0 Å². The molecular weight excluding hydrogens is 276 g/mol. The molecule has 0 saturated carbocycles. The highest BCUT2D eigenvalue weighted by Gasteiger charge is 2.09. The number of nitriles is 1. The zero-order valence-electron chi connectivity index (χ0n) is 8.92. The van der Waals surface area contributed by atoms with Crippen LogP contribution in [0.4, 0.5) is 15.9 Å². The quantitative estimate of drug-likeness (QED) is 0.900. The van der Waals surface area contributed by atoms with E-state index in [1.165, 1.54) is 30.5 Å². The number of nitrogens with one attached hydrogen (secondary N) is 1. The van der Waals surface area contributed by atoms with Gasteiger partial charge in [-0.05, 0) is 24.3 Å². The van der Waals surface area contributed by atoms with Gasteiger partial charge in [0.05, 0.1) is 16.3 Å². The minimum absolute atomic E-state index is 0.167. The van der Waals surface area contributed by atoms with E-state index in [-0.39, 0.29) is 16.4 Å². The molecule has 90 valence electrons. The van der Waals surface area contributed by atoms with Gasteiger partial charge in [-0.15, -0.1) is 0 Å². The van der Waals surface area contributed by atoms with E-state index in [0.29, 0.717) is 10.7 Å². The van der Waals surface area contributed by atoms with Gasteiger partial charge in [-0.3, -0.25) is 0 Å². The smallest absolute Gasteiger partial charge is 0.150 e. The second-order valence-corrected chi connectivity index (χ2v) is 4.17. The Morgan fingerprint density at radius 3 is 2.78 bits per heavy atom. The molecule has 0 atom stereocenters. The fourth-order valence-electron chi connectivity index (χ4n) is 1.34. The Morgan fingerprint density at radius 1 is 1.28 bits per heavy atom. The molecule has 1 aromatic carbocycles. The lowest BCUT2D eigenvalue weighted by atomic mass is 10.2. The SMILES string of the molecule is N#Cc1ccnc(Nc2cc(F)ccc2Cl)c1Cl. The van der Waals surface area contributed by atoms with Crippen molar-refractivity contribution >= 4 is 34.7 Å². The van der Waals surface area contributed by atoms with Gasteiger partial charge in [0.2, 0.25) is 0 Å². The average molecular weight is 282 g/mol. The van der Waals surface area contributed by atoms with Crippen LogP contribution in [0.5, 0.6) is 0 Å². The molecule has 1 heterocycles. The molecule has 0 unspecified atom stereocenters. The summed E-state index contributed by atoms with van der Waals surface area (Å²) >= 11 is 11.9. The van der Waals surface area contributed by atoms with Crippen molar-refractivity contribution in [2.45, 2.75) is 0 Å². The highest BCUT2D eigenvalue weighted by molar-refractivity contribution is 6.35. The molecule has 1 N–H and O–H groups in total. The lowest BCUT2D eigenvalue weighted by Crippen LogP contribution is -1.97. The summed E-state index contributed by atoms with van der Waals surface area (Å²) in [5.41, 5.74) is 0.614. The standard InChI is InChI=1S/C12H6Cl2FN3/c13-9-2-1-8(15)5-10(9)18-12-11(14)7(6-16)3-4-17-12/h1-5H,(H,17,18). The number of pyridine rings is 1. The van der Waals surface area contributed by atoms with Gasteiger partial charge in [0.25, 0.3) is 0 Å². The number of hydrogen-bond acceptors (Lipinski definition) is 3. The lowest BCUT2D eigenvalue weighted by Gasteiger charge is -2.09. The third-order valence-electron chi connectivity index (χ3n) is 2.19. The van der Waals surface area contributed by atoms with E-state index in [4.69, 9.17) is 28.5 Å². The van der Waals surface area contributed by atoms with Crippen LogP contribution in [0.15, 0.2) is 30.5 Å². The molecular formula is C12H6Cl2FN3. The van der Waals surface area contributed by atoms with E-state index in [1.54, 1.807) is 0 Å². The third-order valence-corrected chi connectivity index (χ3v) is 2.90. The maximum Gasteiger partial charge on any atom is 0.150 e. The summed E-state index contributed by atoms with van der Waals surface area (Å²) in [5, 5.41) is 12.1. The number of nitrogens with zero attached hydrogens (tertiary/aromatic N) is 2. The molecule has 0 saturated heterocycles. The summed E-state index contributed by atoms with van der Waals surface area (Å²) in [6.07, 6.45) is 1.43. The van der Waals surface area contributed by atoms with Crippen molar-refractivity contribution in [1.29, 1.82) is 5.26 Å². The van der Waals surface area contributed by atoms with Gasteiger partial charge < -0.3 is 5.32 Å². The van der Waals surface area contributed by atoms with Crippen LogP contribution in [0.3, 0.4) is 0 Å². The topological polar surface area (TPSA) is 48.7 Å². The van der Waals surface area contributed by atoms with E-state index in [2.05, 4.69) is 10.3 Å². The molecule has 3 nitrogen and oxygen atoms in total. The van der Waals surface area contributed by atoms with E-state index in [9.17, 15) is 4.39 Å². The molecule has 0 aliphatic heterocycles. The van der Waals surface area contributed by atoms with Gasteiger partial charge in [-0.25, -0.2) is 9.37 Å². The first-order chi connectivity index (χ1) is 8.61. The molecule has 1 aromatic heterocycles. The molecule has 2 aromatic rings. The van der Waals surface area contributed by atoms with Crippen LogP contribution < -0.4 is 5.32 Å². The van der Waals surface area contributed by atoms with Gasteiger partial charge in [0.1, 0.15) is 16.9 Å².